The van der Waals surface area contributed by atoms with Crippen LogP contribution in [-0.2, 0) is 6.54 Å². The third kappa shape index (κ3) is 6.34. The normalized spacial score (nSPS) is 14.6. The lowest BCUT2D eigenvalue weighted by molar-refractivity contribution is -0.677. The fourth-order valence-electron chi connectivity index (χ4n) is 4.07. The van der Waals surface area contributed by atoms with Gasteiger partial charge in [0.25, 0.3) is 5.52 Å². The van der Waals surface area contributed by atoms with Gasteiger partial charge in [-0.3, -0.25) is 0 Å². The van der Waals surface area contributed by atoms with E-state index in [0.717, 1.165) is 72.0 Å². The van der Waals surface area contributed by atoms with E-state index >= 15 is 0 Å². The van der Waals surface area contributed by atoms with Crippen molar-refractivity contribution in [3.63, 3.8) is 0 Å². The van der Waals surface area contributed by atoms with Crippen LogP contribution < -0.4 is 23.7 Å². The Bertz CT molecular complexity index is 1310. The maximum absolute atomic E-state index is 6.17. The number of rotatable bonds is 11. The van der Waals surface area contributed by atoms with Crippen LogP contribution in [0, 0.1) is 0 Å². The Morgan fingerprint density at radius 3 is 2.35 bits per heavy atom. The van der Waals surface area contributed by atoms with E-state index in [1.54, 1.807) is 14.2 Å². The van der Waals surface area contributed by atoms with E-state index in [1.807, 2.05) is 66.8 Å². The highest BCUT2D eigenvalue weighted by molar-refractivity contribution is 5.72. The van der Waals surface area contributed by atoms with E-state index in [2.05, 4.69) is 47.5 Å². The van der Waals surface area contributed by atoms with Gasteiger partial charge in [0, 0.05) is 31.3 Å². The Morgan fingerprint density at radius 2 is 1.62 bits per heavy atom. The van der Waals surface area contributed by atoms with Crippen LogP contribution in [0.5, 0.6) is 17.2 Å². The van der Waals surface area contributed by atoms with Crippen LogP contribution in [0.25, 0.3) is 17.2 Å². The molecule has 0 fully saturated rings. The summed E-state index contributed by atoms with van der Waals surface area (Å²) in [6.45, 7) is 3.44. The summed E-state index contributed by atoms with van der Waals surface area (Å²) in [6, 6.07) is 11.8. The summed E-state index contributed by atoms with van der Waals surface area (Å²) in [6.07, 6.45) is 9.90. The molecule has 2 heterocycles. The molecule has 0 atom stereocenters. The second-order valence-corrected chi connectivity index (χ2v) is 9.37. The highest BCUT2D eigenvalue weighted by atomic mass is 16.5. The van der Waals surface area contributed by atoms with E-state index in [4.69, 9.17) is 18.6 Å². The lowest BCUT2D eigenvalue weighted by atomic mass is 10.2. The number of benzene rings is 2. The maximum Gasteiger partial charge on any atom is 0.374 e. The lowest BCUT2D eigenvalue weighted by Crippen LogP contribution is -2.40. The summed E-state index contributed by atoms with van der Waals surface area (Å²) in [5.74, 6) is 3.92. The third-order valence-electron chi connectivity index (χ3n) is 6.12. The molecular formula is C29H37N4O4+. The molecule has 0 saturated carbocycles. The first kappa shape index (κ1) is 26.3. The molecule has 4 rings (SSSR count). The average Bonchev–Trinajstić information content (AvgIpc) is 3.41. The minimum Gasteiger partial charge on any atom is -0.497 e. The molecule has 0 saturated heterocycles. The summed E-state index contributed by atoms with van der Waals surface area (Å²) in [4.78, 5) is 6.50. The Kier molecular flexibility index (Phi) is 8.53. The van der Waals surface area contributed by atoms with Gasteiger partial charge in [-0.25, -0.2) is 0 Å². The van der Waals surface area contributed by atoms with Gasteiger partial charge >= 0.3 is 5.89 Å². The number of allylic oxidation sites excluding steroid dienone is 4. The second-order valence-electron chi connectivity index (χ2n) is 9.37. The molecule has 37 heavy (non-hydrogen) atoms. The molecule has 196 valence electrons. The fourth-order valence-corrected chi connectivity index (χ4v) is 4.07. The molecular weight excluding hydrogens is 468 g/mol. The van der Waals surface area contributed by atoms with Gasteiger partial charge < -0.3 is 33.3 Å². The summed E-state index contributed by atoms with van der Waals surface area (Å²) in [7, 11) is 11.6. The number of aromatic nitrogens is 1. The molecule has 0 radical (unpaired) electrons. The Hall–Kier alpha value is -3.75. The van der Waals surface area contributed by atoms with Gasteiger partial charge in [-0.15, -0.1) is 0 Å². The number of hydrogen-bond donors (Lipinski definition) is 0. The van der Waals surface area contributed by atoms with Gasteiger partial charge in [0.2, 0.25) is 11.5 Å². The zero-order valence-corrected chi connectivity index (χ0v) is 22.6. The summed E-state index contributed by atoms with van der Waals surface area (Å²) < 4.78 is 25.3. The van der Waals surface area contributed by atoms with Gasteiger partial charge in [-0.2, -0.15) is 4.57 Å². The van der Waals surface area contributed by atoms with Crippen molar-refractivity contribution in [2.75, 3.05) is 66.9 Å². The fraction of sp³-hybridized carbons (Fsp3) is 0.345. The van der Waals surface area contributed by atoms with Crippen LogP contribution in [0.1, 0.15) is 5.89 Å². The first-order chi connectivity index (χ1) is 17.9. The minimum absolute atomic E-state index is 0.775. The number of hydrogen-bond acceptors (Lipinski definition) is 7. The molecule has 0 spiro atoms. The standard InChI is InChI=1S/C29H37N4O4/c1-30(2)16-18-32-24-14-12-22(34-5)20-26(24)36-28(32)10-8-7-9-11-29-33(19-17-31(3)4)25-15-13-23(35-6)21-27(25)37-29/h7-15,20-21H,16-19H2,1-6H3/q+1. The number of fused-ring (bicyclic) bond motifs is 2. The molecule has 3 aromatic rings. The van der Waals surface area contributed by atoms with Gasteiger partial charge in [-0.1, -0.05) is 18.2 Å². The van der Waals surface area contributed by atoms with Crippen molar-refractivity contribution in [3.8, 4) is 17.2 Å². The summed E-state index contributed by atoms with van der Waals surface area (Å²) >= 11 is 0. The van der Waals surface area contributed by atoms with Crippen LogP contribution in [0.15, 0.2) is 71.0 Å². The highest BCUT2D eigenvalue weighted by Gasteiger charge is 2.26. The first-order valence-electron chi connectivity index (χ1n) is 12.4. The van der Waals surface area contributed by atoms with Gasteiger partial charge in [0.15, 0.2) is 12.3 Å². The number of nitrogens with zero attached hydrogens (tertiary/aromatic N) is 4. The molecule has 2 aromatic carbocycles. The molecule has 0 unspecified atom stereocenters. The molecule has 1 aliphatic heterocycles. The number of anilines is 1. The molecule has 0 aliphatic carbocycles. The SMILES string of the molecule is COc1ccc2c(c1)O\C(=C/C=C/C=C/c1oc3cc(OC)ccc3[n+]1CCN(C)C)N2CCN(C)C. The summed E-state index contributed by atoms with van der Waals surface area (Å²) in [5.41, 5.74) is 2.88. The Morgan fingerprint density at radius 1 is 0.892 bits per heavy atom. The molecule has 0 bridgehead atoms. The van der Waals surface area contributed by atoms with Crippen LogP contribution in [0.4, 0.5) is 5.69 Å². The predicted octanol–water partition coefficient (Wildman–Crippen LogP) is 4.17. The van der Waals surface area contributed by atoms with Crippen LogP contribution in [0.3, 0.4) is 0 Å². The van der Waals surface area contributed by atoms with Crippen molar-refractivity contribution in [3.05, 3.63) is 72.5 Å². The molecule has 1 aliphatic rings. The number of oxazole rings is 1. The monoisotopic (exact) mass is 505 g/mol. The van der Waals surface area contributed by atoms with E-state index in [-0.39, 0.29) is 0 Å². The van der Waals surface area contributed by atoms with E-state index in [1.165, 1.54) is 0 Å². The Labute approximate surface area is 219 Å². The maximum atomic E-state index is 6.17. The summed E-state index contributed by atoms with van der Waals surface area (Å²) in [5, 5.41) is 0. The van der Waals surface area contributed by atoms with Crippen LogP contribution in [0.2, 0.25) is 0 Å². The van der Waals surface area contributed by atoms with Crippen molar-refractivity contribution in [1.82, 2.24) is 9.80 Å². The van der Waals surface area contributed by atoms with Crippen molar-refractivity contribution in [2.45, 2.75) is 6.54 Å². The largest absolute Gasteiger partial charge is 0.497 e. The van der Waals surface area contributed by atoms with E-state index in [9.17, 15) is 0 Å². The van der Waals surface area contributed by atoms with E-state index in [0.29, 0.717) is 0 Å². The number of methoxy groups -OCH3 is 2. The molecule has 0 N–H and O–H groups in total. The molecule has 0 amide bonds. The third-order valence-corrected chi connectivity index (χ3v) is 6.12. The quantitative estimate of drug-likeness (QED) is 0.286. The molecule has 8 nitrogen and oxygen atoms in total. The number of ether oxygens (including phenoxy) is 3. The highest BCUT2D eigenvalue weighted by Crippen LogP contribution is 2.41. The van der Waals surface area contributed by atoms with E-state index < -0.39 is 0 Å². The number of likely N-dealkylation sites (N-methyl/N-ethyl adjacent to an activating group) is 2. The average molecular weight is 506 g/mol. The zero-order valence-electron chi connectivity index (χ0n) is 22.6. The smallest absolute Gasteiger partial charge is 0.374 e. The molecule has 1 aromatic heterocycles. The van der Waals surface area contributed by atoms with Gasteiger partial charge in [-0.05, 0) is 52.5 Å². The lowest BCUT2D eigenvalue weighted by Gasteiger charge is -2.20. The van der Waals surface area contributed by atoms with Crippen LogP contribution >= 0.6 is 0 Å². The van der Waals surface area contributed by atoms with Crippen molar-refractivity contribution < 1.29 is 23.2 Å². The van der Waals surface area contributed by atoms with Gasteiger partial charge in [0.05, 0.1) is 32.5 Å². The topological polar surface area (TPSA) is 54.4 Å². The van der Waals surface area contributed by atoms with Crippen molar-refractivity contribution in [2.24, 2.45) is 0 Å². The second kappa shape index (κ2) is 12.0. The van der Waals surface area contributed by atoms with Crippen molar-refractivity contribution >= 4 is 22.9 Å². The first-order valence-corrected chi connectivity index (χ1v) is 12.4. The minimum atomic E-state index is 0.775. The predicted molar refractivity (Wildman–Crippen MR) is 147 cm³/mol. The molecule has 8 heteroatoms. The van der Waals surface area contributed by atoms with Gasteiger partial charge in [0.1, 0.15) is 11.5 Å². The van der Waals surface area contributed by atoms with Crippen LogP contribution in [-0.4, -0.2) is 71.8 Å². The Balaban J connectivity index is 1.54. The zero-order chi connectivity index (χ0) is 26.4. The van der Waals surface area contributed by atoms with Crippen molar-refractivity contribution in [1.29, 1.82) is 0 Å².